The number of rotatable bonds is 3. The van der Waals surface area contributed by atoms with Crippen molar-refractivity contribution in [1.29, 1.82) is 0 Å². The van der Waals surface area contributed by atoms with Gasteiger partial charge in [0.2, 0.25) is 0 Å². The summed E-state index contributed by atoms with van der Waals surface area (Å²) in [6, 6.07) is 7.75. The largest absolute Gasteiger partial charge is 0.476 e. The Labute approximate surface area is 98.2 Å². The highest BCUT2D eigenvalue weighted by Crippen LogP contribution is 2.17. The maximum atomic E-state index is 10.6. The minimum atomic E-state index is -1.08. The molecule has 2 N–H and O–H groups in total. The van der Waals surface area contributed by atoms with Crippen LogP contribution in [-0.4, -0.2) is 21.0 Å². The third-order valence-electron chi connectivity index (χ3n) is 2.28. The number of para-hydroxylation sites is 1. The van der Waals surface area contributed by atoms with Crippen molar-refractivity contribution in [2.75, 3.05) is 5.32 Å². The molecule has 1 aromatic carbocycles. The minimum absolute atomic E-state index is 0.0691. The van der Waals surface area contributed by atoms with Crippen LogP contribution in [0.1, 0.15) is 16.1 Å². The molecule has 0 saturated heterocycles. The fourth-order valence-corrected chi connectivity index (χ4v) is 1.35. The summed E-state index contributed by atoms with van der Waals surface area (Å²) >= 11 is 0. The lowest BCUT2D eigenvalue weighted by molar-refractivity contribution is 0.0690. The Bertz CT molecular complexity index is 538. The molecule has 0 bridgehead atoms. The van der Waals surface area contributed by atoms with Crippen LogP contribution in [0.4, 0.5) is 11.5 Å². The number of aromatic nitrogens is 2. The fraction of sp³-hybridized carbons (Fsp3) is 0.0833. The van der Waals surface area contributed by atoms with E-state index in [9.17, 15) is 4.79 Å². The summed E-state index contributed by atoms with van der Waals surface area (Å²) < 4.78 is 0. The summed E-state index contributed by atoms with van der Waals surface area (Å²) in [6.45, 7) is 1.97. The monoisotopic (exact) mass is 229 g/mol. The van der Waals surface area contributed by atoms with E-state index >= 15 is 0 Å². The number of benzene rings is 1. The molecule has 1 aromatic heterocycles. The van der Waals surface area contributed by atoms with Gasteiger partial charge < -0.3 is 10.4 Å². The fourth-order valence-electron chi connectivity index (χ4n) is 1.35. The third kappa shape index (κ3) is 2.57. The van der Waals surface area contributed by atoms with Crippen LogP contribution < -0.4 is 5.32 Å². The van der Waals surface area contributed by atoms with Crippen molar-refractivity contribution >= 4 is 17.5 Å². The highest BCUT2D eigenvalue weighted by atomic mass is 16.4. The van der Waals surface area contributed by atoms with E-state index in [4.69, 9.17) is 5.11 Å². The molecule has 0 unspecified atom stereocenters. The molecule has 0 amide bonds. The van der Waals surface area contributed by atoms with Crippen molar-refractivity contribution in [2.24, 2.45) is 0 Å². The van der Waals surface area contributed by atoms with Gasteiger partial charge in [-0.25, -0.2) is 14.8 Å². The van der Waals surface area contributed by atoms with Crippen molar-refractivity contribution in [3.05, 3.63) is 47.9 Å². The molecule has 0 atom stereocenters. The first-order valence-electron chi connectivity index (χ1n) is 5.05. The van der Waals surface area contributed by atoms with E-state index in [0.717, 1.165) is 11.3 Å². The molecule has 0 aliphatic rings. The Kier molecular flexibility index (Phi) is 3.00. The van der Waals surface area contributed by atoms with E-state index in [0.29, 0.717) is 5.82 Å². The number of aromatic carboxylic acids is 1. The zero-order valence-corrected chi connectivity index (χ0v) is 9.21. The van der Waals surface area contributed by atoms with Crippen molar-refractivity contribution in [3.63, 3.8) is 0 Å². The quantitative estimate of drug-likeness (QED) is 0.844. The van der Waals surface area contributed by atoms with Crippen LogP contribution in [0.15, 0.2) is 36.7 Å². The van der Waals surface area contributed by atoms with E-state index < -0.39 is 5.97 Å². The zero-order chi connectivity index (χ0) is 12.3. The molecule has 0 aliphatic carbocycles. The van der Waals surface area contributed by atoms with Crippen LogP contribution in [-0.2, 0) is 0 Å². The molecule has 5 nitrogen and oxygen atoms in total. The molecule has 0 spiro atoms. The molecule has 5 heteroatoms. The Morgan fingerprint density at radius 3 is 2.59 bits per heavy atom. The average Bonchev–Trinajstić information content (AvgIpc) is 2.33. The smallest absolute Gasteiger partial charge is 0.356 e. The van der Waals surface area contributed by atoms with Crippen molar-refractivity contribution in [2.45, 2.75) is 6.92 Å². The second-order valence-electron chi connectivity index (χ2n) is 3.53. The summed E-state index contributed by atoms with van der Waals surface area (Å²) in [5, 5.41) is 11.8. The number of anilines is 2. The molecule has 2 rings (SSSR count). The number of carbonyl (C=O) groups is 1. The van der Waals surface area contributed by atoms with Gasteiger partial charge in [-0.05, 0) is 18.6 Å². The lowest BCUT2D eigenvalue weighted by Crippen LogP contribution is -2.03. The van der Waals surface area contributed by atoms with E-state index in [1.807, 2.05) is 31.2 Å². The normalized spacial score (nSPS) is 9.94. The molecular weight excluding hydrogens is 218 g/mol. The van der Waals surface area contributed by atoms with Gasteiger partial charge >= 0.3 is 5.97 Å². The van der Waals surface area contributed by atoms with E-state index in [-0.39, 0.29) is 5.69 Å². The molecule has 2 aromatic rings. The van der Waals surface area contributed by atoms with Gasteiger partial charge in [-0.15, -0.1) is 0 Å². The van der Waals surface area contributed by atoms with Gasteiger partial charge in [0.05, 0.1) is 12.4 Å². The zero-order valence-electron chi connectivity index (χ0n) is 9.21. The summed E-state index contributed by atoms with van der Waals surface area (Å²) in [4.78, 5) is 18.4. The maximum Gasteiger partial charge on any atom is 0.356 e. The Balaban J connectivity index is 2.20. The van der Waals surface area contributed by atoms with Crippen LogP contribution in [0, 0.1) is 6.92 Å². The predicted molar refractivity (Wildman–Crippen MR) is 63.5 cm³/mol. The number of carboxylic acid groups (broad SMARTS) is 1. The molecule has 86 valence electrons. The highest BCUT2D eigenvalue weighted by molar-refractivity contribution is 5.85. The molecule has 17 heavy (non-hydrogen) atoms. The lowest BCUT2D eigenvalue weighted by Gasteiger charge is -2.07. The van der Waals surface area contributed by atoms with Crippen LogP contribution in [0.3, 0.4) is 0 Å². The van der Waals surface area contributed by atoms with E-state index in [1.165, 1.54) is 12.4 Å². The first-order chi connectivity index (χ1) is 8.16. The average molecular weight is 229 g/mol. The number of nitrogens with zero attached hydrogens (tertiary/aromatic N) is 2. The first-order valence-corrected chi connectivity index (χ1v) is 5.05. The predicted octanol–water partition coefficient (Wildman–Crippen LogP) is 2.23. The second kappa shape index (κ2) is 4.61. The first kappa shape index (κ1) is 11.1. The summed E-state index contributed by atoms with van der Waals surface area (Å²) in [6.07, 6.45) is 2.62. The van der Waals surface area contributed by atoms with Gasteiger partial charge in [0, 0.05) is 5.69 Å². The molecule has 0 fully saturated rings. The minimum Gasteiger partial charge on any atom is -0.476 e. The lowest BCUT2D eigenvalue weighted by atomic mass is 10.2. The molecule has 0 aliphatic heterocycles. The van der Waals surface area contributed by atoms with Gasteiger partial charge in [0.25, 0.3) is 0 Å². The Morgan fingerprint density at radius 1 is 1.24 bits per heavy atom. The van der Waals surface area contributed by atoms with Crippen LogP contribution >= 0.6 is 0 Å². The number of hydrogen-bond donors (Lipinski definition) is 2. The SMILES string of the molecule is Cc1ccccc1Nc1cnc(C(=O)O)cn1. The second-order valence-corrected chi connectivity index (χ2v) is 3.53. The Hall–Kier alpha value is -2.43. The topological polar surface area (TPSA) is 75.1 Å². The van der Waals surface area contributed by atoms with E-state index in [2.05, 4.69) is 15.3 Å². The molecular formula is C12H11N3O2. The number of carboxylic acids is 1. The van der Waals surface area contributed by atoms with Crippen LogP contribution in [0.25, 0.3) is 0 Å². The summed E-state index contributed by atoms with van der Waals surface area (Å²) in [7, 11) is 0. The number of hydrogen-bond acceptors (Lipinski definition) is 4. The molecule has 0 radical (unpaired) electrons. The number of nitrogens with one attached hydrogen (secondary N) is 1. The van der Waals surface area contributed by atoms with Gasteiger partial charge in [-0.2, -0.15) is 0 Å². The van der Waals surface area contributed by atoms with Crippen LogP contribution in [0.5, 0.6) is 0 Å². The van der Waals surface area contributed by atoms with Crippen LogP contribution in [0.2, 0.25) is 0 Å². The van der Waals surface area contributed by atoms with E-state index in [1.54, 1.807) is 0 Å². The third-order valence-corrected chi connectivity index (χ3v) is 2.28. The van der Waals surface area contributed by atoms with Gasteiger partial charge in [0.1, 0.15) is 5.82 Å². The van der Waals surface area contributed by atoms with Crippen molar-refractivity contribution in [3.8, 4) is 0 Å². The highest BCUT2D eigenvalue weighted by Gasteiger charge is 2.05. The van der Waals surface area contributed by atoms with Gasteiger partial charge in [-0.1, -0.05) is 18.2 Å². The molecule has 0 saturated carbocycles. The summed E-state index contributed by atoms with van der Waals surface area (Å²) in [5.74, 6) is -0.566. The number of aryl methyl sites for hydroxylation is 1. The van der Waals surface area contributed by atoms with Gasteiger partial charge in [-0.3, -0.25) is 0 Å². The van der Waals surface area contributed by atoms with Crippen molar-refractivity contribution in [1.82, 2.24) is 9.97 Å². The van der Waals surface area contributed by atoms with Crippen molar-refractivity contribution < 1.29 is 9.90 Å². The maximum absolute atomic E-state index is 10.6. The summed E-state index contributed by atoms with van der Waals surface area (Å²) in [5.41, 5.74) is 1.93. The molecule has 1 heterocycles. The standard InChI is InChI=1S/C12H11N3O2/c1-8-4-2-3-5-9(8)15-11-7-13-10(6-14-11)12(16)17/h2-7H,1H3,(H,14,15)(H,16,17). The Morgan fingerprint density at radius 2 is 2.00 bits per heavy atom. The van der Waals surface area contributed by atoms with Gasteiger partial charge in [0.15, 0.2) is 5.69 Å².